The Balaban J connectivity index is -0.00000000619. The fourth-order valence-electron chi connectivity index (χ4n) is 2.44. The second kappa shape index (κ2) is 227. The molecule has 42 nitrogen and oxygen atoms in total. The normalized spacial score (nSPS) is 4.39. The molecular formula is C30H46N12O30V10-50. The van der Waals surface area contributed by atoms with Crippen molar-refractivity contribution in [3.63, 3.8) is 0 Å². The number of hydrogen-bond acceptors (Lipinski definition) is 6. The molecule has 6 rings (SSSR count). The summed E-state index contributed by atoms with van der Waals surface area (Å²) in [5.41, 5.74) is 31.8. The second-order valence-electron chi connectivity index (χ2n) is 7.91. The molecule has 0 fully saturated rings. The van der Waals surface area contributed by atoms with Gasteiger partial charge in [0.15, 0.2) is 0 Å². The Morgan fingerprint density at radius 3 is 0.256 bits per heavy atom. The predicted molar refractivity (Wildman–Crippen MR) is 191 cm³/mol. The van der Waals surface area contributed by atoms with Gasteiger partial charge in [0.1, 0.15) is 0 Å². The van der Waals surface area contributed by atoms with Crippen molar-refractivity contribution in [2.24, 2.45) is 0 Å². The van der Waals surface area contributed by atoms with E-state index in [0.717, 1.165) is 0 Å². The van der Waals surface area contributed by atoms with E-state index in [1.54, 1.807) is 73.6 Å². The molecule has 22 N–H and O–H groups in total. The van der Waals surface area contributed by atoms with Gasteiger partial charge < -0.3 is 164 Å². The Morgan fingerprint density at radius 1 is 0.159 bits per heavy atom. The van der Waals surface area contributed by atoms with E-state index >= 15 is 0 Å². The molecule has 0 aromatic carbocycles. The minimum absolute atomic E-state index is 0. The van der Waals surface area contributed by atoms with E-state index in [9.17, 15) is 0 Å². The van der Waals surface area contributed by atoms with Crippen molar-refractivity contribution in [1.29, 1.82) is 0 Å². The maximum absolute atomic E-state index is 5.30. The zero-order chi connectivity index (χ0) is 30.7. The summed E-state index contributed by atoms with van der Waals surface area (Å²) in [5.74, 6) is 4.18. The Morgan fingerprint density at radius 2 is 0.232 bits per heavy atom. The summed E-state index contributed by atoms with van der Waals surface area (Å²) in [6, 6.07) is 33.4. The molecule has 52 heteroatoms. The minimum atomic E-state index is 0. The topological polar surface area (TPSA) is 1100 Å². The minimum Gasteiger partial charge on any atom is -2.00 e. The Bertz CT molecular complexity index is 1220. The van der Waals surface area contributed by atoms with E-state index in [2.05, 4.69) is 29.9 Å². The van der Waals surface area contributed by atoms with Gasteiger partial charge >= 0.3 is 0 Å². The molecule has 0 atom stereocenters. The van der Waals surface area contributed by atoms with Gasteiger partial charge in [0, 0.05) is 222 Å². The van der Waals surface area contributed by atoms with Gasteiger partial charge in [-0.1, -0.05) is 36.4 Å². The number of aromatic nitrogens is 6. The molecule has 82 heavy (non-hydrogen) atoms. The van der Waals surface area contributed by atoms with Gasteiger partial charge in [-0.15, -0.1) is 0 Å². The van der Waals surface area contributed by atoms with Crippen LogP contribution in [0.4, 0.5) is 34.9 Å². The molecular weight excluding hydrogens is 1520 g/mol. The quantitative estimate of drug-likeness (QED) is 0.0870. The maximum atomic E-state index is 5.30. The first-order valence-corrected chi connectivity index (χ1v) is 12.7. The summed E-state index contributed by atoms with van der Waals surface area (Å²) < 4.78 is 0. The summed E-state index contributed by atoms with van der Waals surface area (Å²) >= 11 is 0. The van der Waals surface area contributed by atoms with E-state index < -0.39 is 0 Å². The molecule has 506 valence electrons. The van der Waals surface area contributed by atoms with Crippen LogP contribution in [-0.4, -0.2) is 11.0 Å². The summed E-state index contributed by atoms with van der Waals surface area (Å²) in [6.45, 7) is 0. The van der Waals surface area contributed by atoms with E-state index in [4.69, 9.17) is 34.4 Å². The number of H-pyrrole nitrogens is 6. The summed E-state index contributed by atoms with van der Waals surface area (Å²) in [6.07, 6.45) is 10.7. The molecule has 0 aliphatic carbocycles. The van der Waals surface area contributed by atoms with E-state index in [-0.39, 0.29) is 350 Å². The van der Waals surface area contributed by atoms with Gasteiger partial charge in [0.25, 0.3) is 34.9 Å². The SMILES string of the molecule is Nc1cccc[nH+]1.Nc1cccc[nH+]1.Nc1cccc[nH+]1.Nc1cccc[nH+]1.Nc1cccc[nH+]1.Nc1cccc[nH+]1.O.O.[O-2].[O-2].[O-2].[O-2].[O-2].[O-2].[O-2].[O-2].[O-2].[O-2].[O-2].[O-2].[O-2].[O-2].[O-2].[O-2].[O-2].[O-2].[O-2].[O-2].[O-2].[O-2].[O-2].[O-2].[O-2].[O-2].[O-2].[O-2].[V].[V].[V].[V].[V].[V].[V].[V].[V].[V]. The molecule has 0 aliphatic heterocycles. The molecule has 0 saturated carbocycles. The van der Waals surface area contributed by atoms with Gasteiger partial charge in [-0.3, -0.25) is 34.4 Å². The Hall–Kier alpha value is -1.66. The molecule has 0 saturated heterocycles. The third-order valence-electron chi connectivity index (χ3n) is 4.40. The van der Waals surface area contributed by atoms with Gasteiger partial charge in [-0.05, 0) is 36.4 Å². The third kappa shape index (κ3) is 218. The van der Waals surface area contributed by atoms with Gasteiger partial charge in [0.2, 0.25) is 0 Å². The summed E-state index contributed by atoms with van der Waals surface area (Å²) in [5, 5.41) is 0. The standard InChI is InChI=1S/6C5H6N2.2H2O.28O.10V/c6*6-5-3-1-2-4-7-5;;;;;;;;;;;;;;;;;;;;;;;;;;;;;;;;;;;;;;;;/h6*1-4H,(H2,6,7);2*1H2;;;;;;;;;;;;;;;;;;;;;;;;;;;;;;;;;;;;;;/q;;;;;;;;28*-2;;;;;;;;;;/p+6. The van der Waals surface area contributed by atoms with E-state index in [0.29, 0.717) is 34.9 Å². The molecule has 6 heterocycles. The zero-order valence-electron chi connectivity index (χ0n) is 40.2. The van der Waals surface area contributed by atoms with Crippen molar-refractivity contribution in [1.82, 2.24) is 0 Å². The van der Waals surface area contributed by atoms with Crippen LogP contribution in [0.25, 0.3) is 0 Å². The van der Waals surface area contributed by atoms with Crippen molar-refractivity contribution in [2.45, 2.75) is 0 Å². The molecule has 6 aromatic heterocycles. The number of nitrogens with one attached hydrogen (secondary N) is 6. The van der Waals surface area contributed by atoms with Crippen LogP contribution in [0.2, 0.25) is 0 Å². The molecule has 6 aromatic rings. The van der Waals surface area contributed by atoms with Crippen molar-refractivity contribution in [2.75, 3.05) is 34.4 Å². The van der Waals surface area contributed by atoms with Crippen LogP contribution >= 0.6 is 0 Å². The van der Waals surface area contributed by atoms with E-state index in [1.165, 1.54) is 0 Å². The number of pyridine rings is 6. The first-order chi connectivity index (χ1) is 20.4. The summed E-state index contributed by atoms with van der Waals surface area (Å²) in [4.78, 5) is 16.9. The largest absolute Gasteiger partial charge is 2.00 e. The van der Waals surface area contributed by atoms with Crippen LogP contribution in [0.5, 0.6) is 0 Å². The van der Waals surface area contributed by atoms with Crippen molar-refractivity contribution in [3.05, 3.63) is 146 Å². The average Bonchev–Trinajstić information content (AvgIpc) is 3.01. The fourth-order valence-corrected chi connectivity index (χ4v) is 2.44. The zero-order valence-corrected chi connectivity index (χ0v) is 54.2. The predicted octanol–water partition coefficient (Wildman–Crippen LogP) is -4.50. The van der Waals surface area contributed by atoms with Gasteiger partial charge in [-0.2, -0.15) is 0 Å². The van der Waals surface area contributed by atoms with Crippen LogP contribution in [0.15, 0.2) is 146 Å². The molecule has 10 radical (unpaired) electrons. The second-order valence-corrected chi connectivity index (χ2v) is 7.91. The number of nitrogens with two attached hydrogens (primary N) is 6. The van der Waals surface area contributed by atoms with Crippen molar-refractivity contribution in [3.8, 4) is 0 Å². The van der Waals surface area contributed by atoms with E-state index in [1.807, 2.05) is 72.8 Å². The smallest absolute Gasteiger partial charge is 0.269 e. The first kappa shape index (κ1) is 311. The average molecular weight is 1560 g/mol. The number of nitrogen functional groups attached to an aromatic ring is 6. The number of aromatic amines is 6. The van der Waals surface area contributed by atoms with Crippen molar-refractivity contribution >= 4 is 34.9 Å². The van der Waals surface area contributed by atoms with Crippen LogP contribution in [0.3, 0.4) is 0 Å². The van der Waals surface area contributed by atoms with Crippen LogP contribution in [0, 0.1) is 0 Å². The van der Waals surface area contributed by atoms with Crippen molar-refractivity contribution < 1.29 is 380 Å². The summed E-state index contributed by atoms with van der Waals surface area (Å²) in [7, 11) is 0. The van der Waals surface area contributed by atoms with Gasteiger partial charge in [-0.25, -0.2) is 29.9 Å². The first-order valence-electron chi connectivity index (χ1n) is 12.7. The molecule has 0 bridgehead atoms. The monoisotopic (exact) mass is 1560 g/mol. The molecule has 0 amide bonds. The van der Waals surface area contributed by atoms with Crippen LogP contribution < -0.4 is 64.3 Å². The van der Waals surface area contributed by atoms with Crippen LogP contribution in [0.1, 0.15) is 0 Å². The number of rotatable bonds is 0. The van der Waals surface area contributed by atoms with Crippen LogP contribution in [-0.2, 0) is 339 Å². The molecule has 0 aliphatic rings. The van der Waals surface area contributed by atoms with Gasteiger partial charge in [0.05, 0.1) is 37.2 Å². The Kier molecular flexibility index (Phi) is 859. The third-order valence-corrected chi connectivity index (χ3v) is 4.40. The fraction of sp³-hybridized carbons (Fsp3) is 0. The Labute approximate surface area is 590 Å². The number of anilines is 6. The molecule has 0 spiro atoms. The molecule has 0 unspecified atom stereocenters. The number of hydrogen-bond donors (Lipinski definition) is 6. The maximum Gasteiger partial charge on any atom is 0.269 e.